The Morgan fingerprint density at radius 1 is 1.33 bits per heavy atom. The van der Waals surface area contributed by atoms with Gasteiger partial charge in [-0.2, -0.15) is 0 Å². The highest BCUT2D eigenvalue weighted by Crippen LogP contribution is 2.14. The van der Waals surface area contributed by atoms with E-state index in [1.54, 1.807) is 12.1 Å². The van der Waals surface area contributed by atoms with Crippen LogP contribution in [-0.4, -0.2) is 39.5 Å². The molecule has 0 aliphatic rings. The van der Waals surface area contributed by atoms with Crippen molar-refractivity contribution in [3.8, 4) is 0 Å². The highest BCUT2D eigenvalue weighted by Gasteiger charge is 2.24. The maximum Gasteiger partial charge on any atom is 0.240 e. The summed E-state index contributed by atoms with van der Waals surface area (Å²) >= 11 is 0. The monoisotopic (exact) mass is 271 g/mol. The molecule has 0 amide bonds. The van der Waals surface area contributed by atoms with E-state index in [9.17, 15) is 8.42 Å². The number of hydrogen-bond acceptors (Lipinski definition) is 4. The standard InChI is InChI=1S/C12H21N3O2S/c1-12(2,15(3)4)9-14-18(16,17)11-7-5-6-10(13)8-11/h5-8,14H,9,13H2,1-4H3. The van der Waals surface area contributed by atoms with Crippen LogP contribution in [-0.2, 0) is 10.0 Å². The van der Waals surface area contributed by atoms with Crippen molar-refractivity contribution in [2.75, 3.05) is 26.4 Å². The first-order chi connectivity index (χ1) is 8.15. The zero-order valence-corrected chi connectivity index (χ0v) is 12.1. The summed E-state index contributed by atoms with van der Waals surface area (Å²) in [6, 6.07) is 6.26. The maximum atomic E-state index is 12.1. The molecule has 0 atom stereocenters. The molecule has 0 saturated heterocycles. The van der Waals surface area contributed by atoms with Gasteiger partial charge in [0.25, 0.3) is 0 Å². The average molecular weight is 271 g/mol. The van der Waals surface area contributed by atoms with Crippen LogP contribution in [0.25, 0.3) is 0 Å². The van der Waals surface area contributed by atoms with Gasteiger partial charge in [0.05, 0.1) is 4.90 Å². The first-order valence-corrected chi connectivity index (χ1v) is 7.16. The summed E-state index contributed by atoms with van der Waals surface area (Å²) in [5.41, 5.74) is 5.76. The highest BCUT2D eigenvalue weighted by atomic mass is 32.2. The van der Waals surface area contributed by atoms with Crippen LogP contribution < -0.4 is 10.5 Å². The number of benzene rings is 1. The number of hydrogen-bond donors (Lipinski definition) is 2. The molecule has 3 N–H and O–H groups in total. The lowest BCUT2D eigenvalue weighted by atomic mass is 10.1. The van der Waals surface area contributed by atoms with E-state index in [0.717, 1.165) is 0 Å². The van der Waals surface area contributed by atoms with E-state index in [4.69, 9.17) is 5.73 Å². The Hall–Kier alpha value is -1.11. The quantitative estimate of drug-likeness (QED) is 0.780. The minimum atomic E-state index is -3.51. The first kappa shape index (κ1) is 14.9. The van der Waals surface area contributed by atoms with Crippen LogP contribution in [0.15, 0.2) is 29.2 Å². The van der Waals surface area contributed by atoms with Crippen LogP contribution in [0.2, 0.25) is 0 Å². The van der Waals surface area contributed by atoms with Gasteiger partial charge in [0.1, 0.15) is 0 Å². The number of anilines is 1. The molecular weight excluding hydrogens is 250 g/mol. The third kappa shape index (κ3) is 3.69. The van der Waals surface area contributed by atoms with Crippen LogP contribution in [0, 0.1) is 0 Å². The van der Waals surface area contributed by atoms with Gasteiger partial charge >= 0.3 is 0 Å². The maximum absolute atomic E-state index is 12.1. The third-order valence-electron chi connectivity index (χ3n) is 3.07. The Kier molecular flexibility index (Phi) is 4.37. The molecule has 0 spiro atoms. The predicted molar refractivity (Wildman–Crippen MR) is 73.8 cm³/mol. The van der Waals surface area contributed by atoms with E-state index in [1.165, 1.54) is 12.1 Å². The normalized spacial score (nSPS) is 12.9. The number of nitrogen functional groups attached to an aromatic ring is 1. The SMILES string of the molecule is CN(C)C(C)(C)CNS(=O)(=O)c1cccc(N)c1. The van der Waals surface area contributed by atoms with Crippen molar-refractivity contribution < 1.29 is 8.42 Å². The second-order valence-electron chi connectivity index (χ2n) is 5.10. The van der Waals surface area contributed by atoms with Crippen LogP contribution in [0.5, 0.6) is 0 Å². The fourth-order valence-electron chi connectivity index (χ4n) is 1.19. The van der Waals surface area contributed by atoms with Crippen molar-refractivity contribution in [1.82, 2.24) is 9.62 Å². The number of nitrogens with zero attached hydrogens (tertiary/aromatic N) is 1. The summed E-state index contributed by atoms with van der Waals surface area (Å²) in [4.78, 5) is 2.16. The lowest BCUT2D eigenvalue weighted by Crippen LogP contribution is -2.48. The molecule has 0 aliphatic heterocycles. The van der Waals surface area contributed by atoms with Gasteiger partial charge in [-0.05, 0) is 46.1 Å². The fraction of sp³-hybridized carbons (Fsp3) is 0.500. The van der Waals surface area contributed by atoms with Gasteiger partial charge in [0, 0.05) is 17.8 Å². The summed E-state index contributed by atoms with van der Waals surface area (Å²) in [5.74, 6) is 0. The molecule has 1 aromatic rings. The van der Waals surface area contributed by atoms with Crippen LogP contribution in [0.4, 0.5) is 5.69 Å². The molecule has 0 radical (unpaired) electrons. The number of rotatable bonds is 5. The molecule has 6 heteroatoms. The van der Waals surface area contributed by atoms with E-state index < -0.39 is 10.0 Å². The summed E-state index contributed by atoms with van der Waals surface area (Å²) in [6.07, 6.45) is 0. The number of nitrogens with two attached hydrogens (primary N) is 1. The van der Waals surface area contributed by atoms with Gasteiger partial charge < -0.3 is 10.6 Å². The highest BCUT2D eigenvalue weighted by molar-refractivity contribution is 7.89. The average Bonchev–Trinajstić information content (AvgIpc) is 2.26. The van der Waals surface area contributed by atoms with E-state index in [-0.39, 0.29) is 10.4 Å². The zero-order chi connectivity index (χ0) is 14.0. The smallest absolute Gasteiger partial charge is 0.240 e. The van der Waals surface area contributed by atoms with Crippen molar-refractivity contribution >= 4 is 15.7 Å². The van der Waals surface area contributed by atoms with E-state index in [1.807, 2.05) is 32.8 Å². The van der Waals surface area contributed by atoms with Crippen LogP contribution >= 0.6 is 0 Å². The van der Waals surface area contributed by atoms with E-state index >= 15 is 0 Å². The van der Waals surface area contributed by atoms with Crippen LogP contribution in [0.1, 0.15) is 13.8 Å². The Morgan fingerprint density at radius 3 is 2.44 bits per heavy atom. The summed E-state index contributed by atoms with van der Waals surface area (Å²) in [6.45, 7) is 4.26. The Balaban J connectivity index is 2.84. The summed E-state index contributed by atoms with van der Waals surface area (Å²) < 4.78 is 26.7. The minimum Gasteiger partial charge on any atom is -0.399 e. The lowest BCUT2D eigenvalue weighted by molar-refractivity contribution is 0.199. The molecule has 0 aliphatic carbocycles. The largest absolute Gasteiger partial charge is 0.399 e. The molecule has 1 aromatic carbocycles. The van der Waals surface area contributed by atoms with Gasteiger partial charge in [-0.15, -0.1) is 0 Å². The second kappa shape index (κ2) is 5.26. The van der Waals surface area contributed by atoms with Crippen molar-refractivity contribution in [3.05, 3.63) is 24.3 Å². The molecule has 5 nitrogen and oxygen atoms in total. The van der Waals surface area contributed by atoms with E-state index in [2.05, 4.69) is 4.72 Å². The van der Waals surface area contributed by atoms with E-state index in [0.29, 0.717) is 12.2 Å². The molecule has 0 saturated carbocycles. The molecule has 102 valence electrons. The molecule has 18 heavy (non-hydrogen) atoms. The van der Waals surface area contributed by atoms with Gasteiger partial charge in [-0.25, -0.2) is 13.1 Å². The van der Waals surface area contributed by atoms with Crippen molar-refractivity contribution in [2.45, 2.75) is 24.3 Å². The number of likely N-dealkylation sites (N-methyl/N-ethyl adjacent to an activating group) is 1. The fourth-order valence-corrected chi connectivity index (χ4v) is 2.45. The third-order valence-corrected chi connectivity index (χ3v) is 4.47. The van der Waals surface area contributed by atoms with Crippen molar-refractivity contribution in [3.63, 3.8) is 0 Å². The molecule has 0 fully saturated rings. The molecule has 1 rings (SSSR count). The second-order valence-corrected chi connectivity index (χ2v) is 6.87. The zero-order valence-electron chi connectivity index (χ0n) is 11.3. The van der Waals surface area contributed by atoms with Gasteiger partial charge in [-0.3, -0.25) is 0 Å². The lowest BCUT2D eigenvalue weighted by Gasteiger charge is -2.32. The summed E-state index contributed by atoms with van der Waals surface area (Å²) in [7, 11) is 0.317. The van der Waals surface area contributed by atoms with Gasteiger partial charge in [0.15, 0.2) is 0 Å². The van der Waals surface area contributed by atoms with Crippen molar-refractivity contribution in [2.24, 2.45) is 0 Å². The van der Waals surface area contributed by atoms with Crippen LogP contribution in [0.3, 0.4) is 0 Å². The first-order valence-electron chi connectivity index (χ1n) is 5.68. The predicted octanol–water partition coefficient (Wildman–Crippen LogP) is 0.887. The molecule has 0 heterocycles. The topological polar surface area (TPSA) is 75.4 Å². The number of sulfonamides is 1. The molecule has 0 aromatic heterocycles. The summed E-state index contributed by atoms with van der Waals surface area (Å²) in [5, 5.41) is 0. The molecular formula is C12H21N3O2S. The van der Waals surface area contributed by atoms with Crippen molar-refractivity contribution in [1.29, 1.82) is 0 Å². The van der Waals surface area contributed by atoms with Gasteiger partial charge in [-0.1, -0.05) is 6.07 Å². The molecule has 0 bridgehead atoms. The Bertz CT molecular complexity index is 510. The van der Waals surface area contributed by atoms with Gasteiger partial charge in [0.2, 0.25) is 10.0 Å². The minimum absolute atomic E-state index is 0.192. The Morgan fingerprint density at radius 2 is 1.94 bits per heavy atom. The number of nitrogens with one attached hydrogen (secondary N) is 1. The Labute approximate surface area is 109 Å². The molecule has 0 unspecified atom stereocenters.